The molecular formula is C18H31IN4O. The van der Waals surface area contributed by atoms with Crippen LogP contribution in [-0.4, -0.2) is 43.8 Å². The summed E-state index contributed by atoms with van der Waals surface area (Å²) in [4.78, 5) is 8.73. The summed E-state index contributed by atoms with van der Waals surface area (Å²) in [5.74, 6) is 1.73. The second kappa shape index (κ2) is 12.5. The van der Waals surface area contributed by atoms with Crippen LogP contribution in [0.5, 0.6) is 0 Å². The van der Waals surface area contributed by atoms with Gasteiger partial charge in [0, 0.05) is 45.2 Å². The highest BCUT2D eigenvalue weighted by Gasteiger charge is 2.20. The molecule has 1 fully saturated rings. The first-order valence-corrected chi connectivity index (χ1v) is 8.79. The Morgan fingerprint density at radius 3 is 2.92 bits per heavy atom. The quantitative estimate of drug-likeness (QED) is 0.251. The lowest BCUT2D eigenvalue weighted by molar-refractivity contribution is 0.123. The molecular weight excluding hydrogens is 415 g/mol. The standard InChI is InChI=1S/C18H30N4O.HI/c1-3-20-18(21-9-4-12-23-14-16-5-6-16)22-11-8-17-7-10-19-13-15(17)2;/h7,10,13,16H,3-6,8-9,11-12,14H2,1-2H3,(H2,20,21,22);1H. The van der Waals surface area contributed by atoms with Crippen LogP contribution in [0.1, 0.15) is 37.3 Å². The first-order chi connectivity index (χ1) is 11.3. The molecule has 6 heteroatoms. The molecule has 24 heavy (non-hydrogen) atoms. The van der Waals surface area contributed by atoms with Crippen molar-refractivity contribution in [1.29, 1.82) is 0 Å². The highest BCUT2D eigenvalue weighted by molar-refractivity contribution is 14.0. The SMILES string of the molecule is CCNC(=NCCCOCC1CC1)NCCc1ccncc1C.I. The van der Waals surface area contributed by atoms with Gasteiger partial charge in [-0.15, -0.1) is 24.0 Å². The number of hydrogen-bond acceptors (Lipinski definition) is 3. The average molecular weight is 446 g/mol. The van der Waals surface area contributed by atoms with E-state index in [2.05, 4.69) is 40.5 Å². The fourth-order valence-electron chi connectivity index (χ4n) is 2.33. The van der Waals surface area contributed by atoms with Crippen molar-refractivity contribution in [3.8, 4) is 0 Å². The van der Waals surface area contributed by atoms with Gasteiger partial charge in [-0.2, -0.15) is 0 Å². The molecule has 1 aliphatic carbocycles. The highest BCUT2D eigenvalue weighted by Crippen LogP contribution is 2.28. The minimum Gasteiger partial charge on any atom is -0.381 e. The summed E-state index contributed by atoms with van der Waals surface area (Å²) in [6.07, 6.45) is 8.42. The number of aromatic nitrogens is 1. The Hall–Kier alpha value is -0.890. The number of guanidine groups is 1. The third-order valence-corrected chi connectivity index (χ3v) is 3.93. The first-order valence-electron chi connectivity index (χ1n) is 8.79. The van der Waals surface area contributed by atoms with Gasteiger partial charge in [-0.1, -0.05) is 0 Å². The van der Waals surface area contributed by atoms with E-state index in [1.807, 2.05) is 12.4 Å². The third kappa shape index (κ3) is 8.82. The van der Waals surface area contributed by atoms with Crippen molar-refractivity contribution in [2.24, 2.45) is 10.9 Å². The van der Waals surface area contributed by atoms with E-state index in [-0.39, 0.29) is 24.0 Å². The normalized spacial score (nSPS) is 14.2. The van der Waals surface area contributed by atoms with Crippen molar-refractivity contribution < 1.29 is 4.74 Å². The predicted octanol–water partition coefficient (Wildman–Crippen LogP) is 2.92. The van der Waals surface area contributed by atoms with Crippen LogP contribution in [0.4, 0.5) is 0 Å². The van der Waals surface area contributed by atoms with Gasteiger partial charge < -0.3 is 15.4 Å². The lowest BCUT2D eigenvalue weighted by atomic mass is 10.1. The summed E-state index contributed by atoms with van der Waals surface area (Å²) in [5.41, 5.74) is 2.57. The number of aliphatic imine (C=N–C) groups is 1. The molecule has 1 aromatic rings. The maximum absolute atomic E-state index is 5.64. The van der Waals surface area contributed by atoms with E-state index in [1.54, 1.807) is 0 Å². The second-order valence-corrected chi connectivity index (χ2v) is 6.11. The van der Waals surface area contributed by atoms with Gasteiger partial charge in [0.1, 0.15) is 0 Å². The van der Waals surface area contributed by atoms with Gasteiger partial charge >= 0.3 is 0 Å². The van der Waals surface area contributed by atoms with E-state index in [4.69, 9.17) is 4.74 Å². The molecule has 0 radical (unpaired) electrons. The Labute approximate surface area is 163 Å². The van der Waals surface area contributed by atoms with Crippen molar-refractivity contribution in [2.75, 3.05) is 32.8 Å². The summed E-state index contributed by atoms with van der Waals surface area (Å²) >= 11 is 0. The Morgan fingerprint density at radius 1 is 1.38 bits per heavy atom. The van der Waals surface area contributed by atoms with Crippen LogP contribution < -0.4 is 10.6 Å². The number of hydrogen-bond donors (Lipinski definition) is 2. The summed E-state index contributed by atoms with van der Waals surface area (Å²) in [6.45, 7) is 8.48. The number of pyridine rings is 1. The molecule has 0 saturated heterocycles. The number of ether oxygens (including phenoxy) is 1. The minimum absolute atomic E-state index is 0. The van der Waals surface area contributed by atoms with Crippen molar-refractivity contribution >= 4 is 29.9 Å². The molecule has 0 aromatic carbocycles. The number of rotatable bonds is 10. The maximum atomic E-state index is 5.64. The Morgan fingerprint density at radius 2 is 2.21 bits per heavy atom. The van der Waals surface area contributed by atoms with Crippen LogP contribution in [0.15, 0.2) is 23.5 Å². The fourth-order valence-corrected chi connectivity index (χ4v) is 2.33. The molecule has 1 aliphatic rings. The van der Waals surface area contributed by atoms with E-state index >= 15 is 0 Å². The second-order valence-electron chi connectivity index (χ2n) is 6.11. The summed E-state index contributed by atoms with van der Waals surface area (Å²) in [7, 11) is 0. The number of nitrogens with one attached hydrogen (secondary N) is 2. The maximum Gasteiger partial charge on any atom is 0.191 e. The molecule has 1 aromatic heterocycles. The molecule has 0 spiro atoms. The molecule has 1 saturated carbocycles. The fraction of sp³-hybridized carbons (Fsp3) is 0.667. The van der Waals surface area contributed by atoms with Gasteiger partial charge in [0.2, 0.25) is 0 Å². The molecule has 0 aliphatic heterocycles. The highest BCUT2D eigenvalue weighted by atomic mass is 127. The summed E-state index contributed by atoms with van der Waals surface area (Å²) in [5, 5.41) is 6.68. The van der Waals surface area contributed by atoms with Crippen LogP contribution in [0.2, 0.25) is 0 Å². The van der Waals surface area contributed by atoms with E-state index < -0.39 is 0 Å². The summed E-state index contributed by atoms with van der Waals surface area (Å²) in [6, 6.07) is 2.08. The van der Waals surface area contributed by atoms with Gasteiger partial charge in [-0.05, 0) is 62.6 Å². The first kappa shape index (κ1) is 21.2. The van der Waals surface area contributed by atoms with E-state index in [1.165, 1.54) is 24.0 Å². The zero-order valence-electron chi connectivity index (χ0n) is 14.9. The lowest BCUT2D eigenvalue weighted by Gasteiger charge is -2.12. The van der Waals surface area contributed by atoms with Crippen molar-refractivity contribution in [3.05, 3.63) is 29.6 Å². The average Bonchev–Trinajstić information content (AvgIpc) is 3.36. The Kier molecular flexibility index (Phi) is 11.0. The zero-order chi connectivity index (χ0) is 16.3. The monoisotopic (exact) mass is 446 g/mol. The Bertz CT molecular complexity index is 492. The van der Waals surface area contributed by atoms with E-state index in [9.17, 15) is 0 Å². The van der Waals surface area contributed by atoms with E-state index in [0.717, 1.165) is 57.6 Å². The Balaban J connectivity index is 0.00000288. The van der Waals surface area contributed by atoms with Gasteiger partial charge in [0.15, 0.2) is 5.96 Å². The minimum atomic E-state index is 0. The van der Waals surface area contributed by atoms with Gasteiger partial charge in [0.25, 0.3) is 0 Å². The topological polar surface area (TPSA) is 58.5 Å². The smallest absolute Gasteiger partial charge is 0.191 e. The van der Waals surface area contributed by atoms with Crippen LogP contribution in [0.25, 0.3) is 0 Å². The predicted molar refractivity (Wildman–Crippen MR) is 110 cm³/mol. The molecule has 2 N–H and O–H groups in total. The van der Waals surface area contributed by atoms with Crippen LogP contribution in [-0.2, 0) is 11.2 Å². The van der Waals surface area contributed by atoms with Gasteiger partial charge in [0.05, 0.1) is 0 Å². The van der Waals surface area contributed by atoms with Crippen molar-refractivity contribution in [3.63, 3.8) is 0 Å². The number of aryl methyl sites for hydroxylation is 1. The van der Waals surface area contributed by atoms with Gasteiger partial charge in [-0.3, -0.25) is 9.98 Å². The molecule has 0 amide bonds. The van der Waals surface area contributed by atoms with Crippen LogP contribution in [0, 0.1) is 12.8 Å². The molecule has 0 bridgehead atoms. The summed E-state index contributed by atoms with van der Waals surface area (Å²) < 4.78 is 5.64. The van der Waals surface area contributed by atoms with Crippen LogP contribution in [0.3, 0.4) is 0 Å². The third-order valence-electron chi connectivity index (χ3n) is 3.93. The largest absolute Gasteiger partial charge is 0.381 e. The zero-order valence-corrected chi connectivity index (χ0v) is 17.2. The molecule has 0 atom stereocenters. The molecule has 0 unspecified atom stereocenters. The molecule has 2 rings (SSSR count). The molecule has 5 nitrogen and oxygen atoms in total. The lowest BCUT2D eigenvalue weighted by Crippen LogP contribution is -2.38. The van der Waals surface area contributed by atoms with E-state index in [0.29, 0.717) is 0 Å². The molecule has 1 heterocycles. The number of nitrogens with zero attached hydrogens (tertiary/aromatic N) is 2. The van der Waals surface area contributed by atoms with Crippen molar-refractivity contribution in [2.45, 2.75) is 39.5 Å². The van der Waals surface area contributed by atoms with Crippen LogP contribution >= 0.6 is 24.0 Å². The van der Waals surface area contributed by atoms with Gasteiger partial charge in [-0.25, -0.2) is 0 Å². The molecule has 136 valence electrons. The van der Waals surface area contributed by atoms with Crippen molar-refractivity contribution in [1.82, 2.24) is 15.6 Å². The number of halogens is 1.